The molecule has 3 aromatic rings. The lowest BCUT2D eigenvalue weighted by atomic mass is 9.96. The molecule has 27 heavy (non-hydrogen) atoms. The topological polar surface area (TPSA) is 24.8 Å². The van der Waals surface area contributed by atoms with E-state index in [1.165, 1.54) is 12.1 Å². The van der Waals surface area contributed by atoms with Crippen molar-refractivity contribution in [3.8, 4) is 5.75 Å². The number of hydrogen-bond acceptors (Lipinski definition) is 3. The highest BCUT2D eigenvalue weighted by atomic mass is 35.5. The summed E-state index contributed by atoms with van der Waals surface area (Å²) in [6.07, 6.45) is 0.291. The minimum absolute atomic E-state index is 0.0499. The van der Waals surface area contributed by atoms with E-state index in [0.717, 1.165) is 34.6 Å². The first-order valence-corrected chi connectivity index (χ1v) is 9.19. The fourth-order valence-electron chi connectivity index (χ4n) is 3.73. The minimum atomic E-state index is -0.467. The number of nitrogens with zero attached hydrogens (tertiary/aromatic N) is 2. The molecule has 2 aliphatic heterocycles. The lowest BCUT2D eigenvalue weighted by Crippen LogP contribution is -2.33. The highest BCUT2D eigenvalue weighted by Gasteiger charge is 2.40. The first kappa shape index (κ1) is 16.3. The maximum absolute atomic E-state index is 13.8. The van der Waals surface area contributed by atoms with Crippen molar-refractivity contribution < 1.29 is 9.13 Å². The van der Waals surface area contributed by atoms with Crippen molar-refractivity contribution in [3.05, 3.63) is 100 Å². The van der Waals surface area contributed by atoms with E-state index in [2.05, 4.69) is 6.07 Å². The smallest absolute Gasteiger partial charge is 0.213 e. The molecule has 2 aliphatic rings. The van der Waals surface area contributed by atoms with Gasteiger partial charge in [-0.2, -0.15) is 5.10 Å². The summed E-state index contributed by atoms with van der Waals surface area (Å²) >= 11 is 6.02. The summed E-state index contributed by atoms with van der Waals surface area (Å²) in [4.78, 5) is 0. The van der Waals surface area contributed by atoms with Crippen molar-refractivity contribution in [2.75, 3.05) is 0 Å². The molecule has 134 valence electrons. The van der Waals surface area contributed by atoms with Crippen LogP contribution < -0.4 is 4.74 Å². The molecule has 0 amide bonds. The van der Waals surface area contributed by atoms with Crippen LogP contribution in [0.2, 0.25) is 5.02 Å². The number of rotatable bonds is 2. The highest BCUT2D eigenvalue weighted by Crippen LogP contribution is 2.47. The van der Waals surface area contributed by atoms with Crippen LogP contribution in [0.1, 0.15) is 35.4 Å². The van der Waals surface area contributed by atoms with Crippen LogP contribution >= 0.6 is 11.6 Å². The molecule has 0 spiro atoms. The van der Waals surface area contributed by atoms with Crippen molar-refractivity contribution >= 4 is 17.3 Å². The molecule has 2 heterocycles. The molecular weight excluding hydrogens is 363 g/mol. The van der Waals surface area contributed by atoms with Gasteiger partial charge in [0.1, 0.15) is 11.6 Å². The van der Waals surface area contributed by atoms with E-state index in [9.17, 15) is 4.39 Å². The van der Waals surface area contributed by atoms with Gasteiger partial charge in [-0.3, -0.25) is 0 Å². The van der Waals surface area contributed by atoms with Gasteiger partial charge in [-0.25, -0.2) is 9.40 Å². The highest BCUT2D eigenvalue weighted by molar-refractivity contribution is 6.30. The molecule has 2 atom stereocenters. The fraction of sp³-hybridized carbons (Fsp3) is 0.136. The second-order valence-electron chi connectivity index (χ2n) is 6.72. The number of halogens is 2. The van der Waals surface area contributed by atoms with Crippen LogP contribution in [0.5, 0.6) is 5.75 Å². The van der Waals surface area contributed by atoms with Crippen molar-refractivity contribution in [2.24, 2.45) is 5.10 Å². The molecule has 0 fully saturated rings. The number of ether oxygens (including phenoxy) is 1. The van der Waals surface area contributed by atoms with E-state index in [0.29, 0.717) is 5.02 Å². The summed E-state index contributed by atoms with van der Waals surface area (Å²) in [5, 5.41) is 7.50. The van der Waals surface area contributed by atoms with Crippen LogP contribution in [0, 0.1) is 5.82 Å². The molecule has 0 aliphatic carbocycles. The Hall–Kier alpha value is -2.85. The Kier molecular flexibility index (Phi) is 3.87. The first-order chi connectivity index (χ1) is 13.2. The van der Waals surface area contributed by atoms with Crippen molar-refractivity contribution in [2.45, 2.75) is 18.7 Å². The van der Waals surface area contributed by atoms with E-state index in [-0.39, 0.29) is 11.9 Å². The molecule has 0 saturated heterocycles. The maximum Gasteiger partial charge on any atom is 0.213 e. The average Bonchev–Trinajstić information content (AvgIpc) is 3.13. The molecule has 0 radical (unpaired) electrons. The van der Waals surface area contributed by atoms with Gasteiger partial charge < -0.3 is 4.74 Å². The summed E-state index contributed by atoms with van der Waals surface area (Å²) in [6, 6.07) is 22.2. The van der Waals surface area contributed by atoms with Gasteiger partial charge in [-0.15, -0.1) is 0 Å². The summed E-state index contributed by atoms with van der Waals surface area (Å²) < 4.78 is 20.0. The first-order valence-electron chi connectivity index (χ1n) is 8.82. The third kappa shape index (κ3) is 2.86. The van der Waals surface area contributed by atoms with Crippen molar-refractivity contribution in [1.82, 2.24) is 5.01 Å². The third-order valence-electron chi connectivity index (χ3n) is 5.01. The summed E-state index contributed by atoms with van der Waals surface area (Å²) in [5.41, 5.74) is 3.84. The zero-order valence-corrected chi connectivity index (χ0v) is 15.1. The van der Waals surface area contributed by atoms with Gasteiger partial charge >= 0.3 is 0 Å². The van der Waals surface area contributed by atoms with Gasteiger partial charge in [0.25, 0.3) is 0 Å². The fourth-order valence-corrected chi connectivity index (χ4v) is 3.86. The molecule has 0 bridgehead atoms. The third-order valence-corrected chi connectivity index (χ3v) is 5.26. The predicted molar refractivity (Wildman–Crippen MR) is 103 cm³/mol. The van der Waals surface area contributed by atoms with Gasteiger partial charge in [-0.1, -0.05) is 54.1 Å². The van der Waals surface area contributed by atoms with Gasteiger partial charge in [0.2, 0.25) is 6.23 Å². The Morgan fingerprint density at radius 1 is 1.00 bits per heavy atom. The standard InChI is InChI=1S/C22H16ClFN2O/c23-16-10-8-14(9-11-16)19-13-20-18-6-1-2-7-21(18)27-22(26(20)25-19)15-4-3-5-17(24)12-15/h1-12,20,22H,13H2/t20-,22+/m0/s1. The molecule has 0 unspecified atom stereocenters. The second-order valence-corrected chi connectivity index (χ2v) is 7.15. The van der Waals surface area contributed by atoms with Gasteiger partial charge in [-0.05, 0) is 35.9 Å². The Morgan fingerprint density at radius 2 is 1.81 bits per heavy atom. The van der Waals surface area contributed by atoms with Crippen LogP contribution in [0.25, 0.3) is 0 Å². The average molecular weight is 379 g/mol. The number of para-hydroxylation sites is 1. The molecular formula is C22H16ClFN2O. The van der Waals surface area contributed by atoms with Crippen LogP contribution in [0.3, 0.4) is 0 Å². The Labute approximate surface area is 161 Å². The molecule has 5 rings (SSSR count). The van der Waals surface area contributed by atoms with Crippen LogP contribution in [0.15, 0.2) is 77.9 Å². The van der Waals surface area contributed by atoms with E-state index < -0.39 is 6.23 Å². The molecule has 0 aromatic heterocycles. The number of benzene rings is 3. The molecule has 5 heteroatoms. The predicted octanol–water partition coefficient (Wildman–Crippen LogP) is 5.72. The summed E-state index contributed by atoms with van der Waals surface area (Å²) in [6.45, 7) is 0. The van der Waals surface area contributed by atoms with Gasteiger partial charge in [0.15, 0.2) is 0 Å². The molecule has 0 saturated carbocycles. The number of fused-ring (bicyclic) bond motifs is 3. The van der Waals surface area contributed by atoms with Crippen LogP contribution in [-0.2, 0) is 0 Å². The normalized spacial score (nSPS) is 20.5. The van der Waals surface area contributed by atoms with Crippen LogP contribution in [-0.4, -0.2) is 10.7 Å². The minimum Gasteiger partial charge on any atom is -0.464 e. The lowest BCUT2D eigenvalue weighted by molar-refractivity contribution is -0.0192. The lowest BCUT2D eigenvalue weighted by Gasteiger charge is -2.38. The Morgan fingerprint density at radius 3 is 2.63 bits per heavy atom. The Balaban J connectivity index is 1.60. The van der Waals surface area contributed by atoms with Crippen molar-refractivity contribution in [3.63, 3.8) is 0 Å². The van der Waals surface area contributed by atoms with E-state index in [4.69, 9.17) is 21.4 Å². The Bertz CT molecular complexity index is 1030. The van der Waals surface area contributed by atoms with Gasteiger partial charge in [0.05, 0.1) is 11.8 Å². The monoisotopic (exact) mass is 378 g/mol. The largest absolute Gasteiger partial charge is 0.464 e. The number of hydrazone groups is 1. The SMILES string of the molecule is Fc1cccc([C@H]2Oc3ccccc3[C@@H]3CC(c4ccc(Cl)cc4)=NN23)c1. The molecule has 0 N–H and O–H groups in total. The van der Waals surface area contributed by atoms with E-state index in [1.54, 1.807) is 6.07 Å². The molecule has 3 nitrogen and oxygen atoms in total. The summed E-state index contributed by atoms with van der Waals surface area (Å²) in [7, 11) is 0. The zero-order chi connectivity index (χ0) is 18.4. The maximum atomic E-state index is 13.8. The van der Waals surface area contributed by atoms with E-state index in [1.807, 2.05) is 53.5 Å². The quantitative estimate of drug-likeness (QED) is 0.569. The van der Waals surface area contributed by atoms with Gasteiger partial charge in [0, 0.05) is 22.6 Å². The number of hydrogen-bond donors (Lipinski definition) is 0. The zero-order valence-electron chi connectivity index (χ0n) is 14.3. The van der Waals surface area contributed by atoms with Crippen LogP contribution in [0.4, 0.5) is 4.39 Å². The summed E-state index contributed by atoms with van der Waals surface area (Å²) in [5.74, 6) is 0.535. The van der Waals surface area contributed by atoms with Crippen molar-refractivity contribution in [1.29, 1.82) is 0 Å². The van der Waals surface area contributed by atoms with E-state index >= 15 is 0 Å². The molecule has 3 aromatic carbocycles. The second kappa shape index (κ2) is 6.39.